The Hall–Kier alpha value is -2.34. The lowest BCUT2D eigenvalue weighted by atomic mass is 9.95. The van der Waals surface area contributed by atoms with Gasteiger partial charge in [0, 0.05) is 15.9 Å². The maximum absolute atomic E-state index is 12.4. The van der Waals surface area contributed by atoms with Crippen LogP contribution in [0.25, 0.3) is 0 Å². The second-order valence-electron chi connectivity index (χ2n) is 5.42. The zero-order chi connectivity index (χ0) is 16.2. The van der Waals surface area contributed by atoms with Crippen molar-refractivity contribution in [1.29, 1.82) is 0 Å². The van der Waals surface area contributed by atoms with Gasteiger partial charge in [-0.1, -0.05) is 0 Å². The number of anilines is 1. The molecule has 0 atom stereocenters. The minimum Gasteiger partial charge on any atom is -0.482 e. The molecule has 0 saturated carbocycles. The highest BCUT2D eigenvalue weighted by molar-refractivity contribution is 7.10. The van der Waals surface area contributed by atoms with Crippen LogP contribution in [0.1, 0.15) is 33.6 Å². The average molecular weight is 331 g/mol. The summed E-state index contributed by atoms with van der Waals surface area (Å²) < 4.78 is 5.06. The van der Waals surface area contributed by atoms with Crippen molar-refractivity contribution in [3.8, 4) is 5.75 Å². The summed E-state index contributed by atoms with van der Waals surface area (Å²) >= 11 is 1.67. The fourth-order valence-electron chi connectivity index (χ4n) is 2.66. The van der Waals surface area contributed by atoms with E-state index in [2.05, 4.69) is 5.32 Å². The molecule has 0 spiro atoms. The van der Waals surface area contributed by atoms with Crippen LogP contribution >= 0.6 is 11.3 Å². The highest BCUT2D eigenvalue weighted by Gasteiger charge is 2.20. The molecule has 1 amide bonds. The van der Waals surface area contributed by atoms with Crippen LogP contribution in [0, 0.1) is 0 Å². The number of amides is 1. The maximum atomic E-state index is 12.4. The molecular formula is C17H17NO4S. The molecule has 1 aliphatic carbocycles. The molecule has 2 aromatic rings. The van der Waals surface area contributed by atoms with Crippen molar-refractivity contribution >= 4 is 28.9 Å². The molecule has 3 rings (SSSR count). The van der Waals surface area contributed by atoms with Crippen LogP contribution in [0.4, 0.5) is 5.69 Å². The molecule has 0 unspecified atom stereocenters. The standard InChI is InChI=1S/C17H17NO4S/c19-16(20)9-22-12-7-5-11(6-8-12)18-17(21)14-10-23-15-4-2-1-3-13(14)15/h5-8,10H,1-4,9H2,(H,18,21)(H,19,20). The first kappa shape index (κ1) is 15.6. The number of aryl methyl sites for hydroxylation is 1. The van der Waals surface area contributed by atoms with Gasteiger partial charge in [-0.2, -0.15) is 0 Å². The fraction of sp³-hybridized carbons (Fsp3) is 0.294. The van der Waals surface area contributed by atoms with Gasteiger partial charge in [0.1, 0.15) is 5.75 Å². The zero-order valence-electron chi connectivity index (χ0n) is 12.5. The molecule has 0 fully saturated rings. The molecule has 5 nitrogen and oxygen atoms in total. The van der Waals surface area contributed by atoms with Crippen LogP contribution in [0.3, 0.4) is 0 Å². The fourth-order valence-corrected chi connectivity index (χ4v) is 3.79. The average Bonchev–Trinajstić information content (AvgIpc) is 2.98. The van der Waals surface area contributed by atoms with Crippen molar-refractivity contribution < 1.29 is 19.4 Å². The van der Waals surface area contributed by atoms with E-state index in [1.807, 2.05) is 5.38 Å². The van der Waals surface area contributed by atoms with Gasteiger partial charge in [-0.3, -0.25) is 4.79 Å². The number of thiophene rings is 1. The molecule has 23 heavy (non-hydrogen) atoms. The molecule has 1 heterocycles. The molecule has 0 radical (unpaired) electrons. The Morgan fingerprint density at radius 1 is 1.17 bits per heavy atom. The van der Waals surface area contributed by atoms with Crippen molar-refractivity contribution in [2.45, 2.75) is 25.7 Å². The minimum atomic E-state index is -1.02. The Bertz CT molecular complexity index is 721. The normalized spacial score (nSPS) is 13.2. The Morgan fingerprint density at radius 3 is 2.65 bits per heavy atom. The molecule has 2 N–H and O–H groups in total. The summed E-state index contributed by atoms with van der Waals surface area (Å²) in [6.45, 7) is -0.382. The molecule has 1 aromatic carbocycles. The molecule has 1 aliphatic rings. The molecular weight excluding hydrogens is 314 g/mol. The number of ether oxygens (including phenoxy) is 1. The molecule has 6 heteroatoms. The van der Waals surface area contributed by atoms with Gasteiger partial charge in [0.2, 0.25) is 0 Å². The van der Waals surface area contributed by atoms with Crippen LogP contribution in [0.2, 0.25) is 0 Å². The third-order valence-corrected chi connectivity index (χ3v) is 4.87. The largest absolute Gasteiger partial charge is 0.482 e. The summed E-state index contributed by atoms with van der Waals surface area (Å²) in [4.78, 5) is 24.2. The van der Waals surface area contributed by atoms with E-state index in [4.69, 9.17) is 9.84 Å². The minimum absolute atomic E-state index is 0.0939. The summed E-state index contributed by atoms with van der Waals surface area (Å²) in [6.07, 6.45) is 4.39. The zero-order valence-corrected chi connectivity index (χ0v) is 13.3. The number of hydrogen-bond acceptors (Lipinski definition) is 4. The Morgan fingerprint density at radius 2 is 1.91 bits per heavy atom. The lowest BCUT2D eigenvalue weighted by Gasteiger charge is -2.13. The highest BCUT2D eigenvalue weighted by atomic mass is 32.1. The number of aliphatic carboxylic acids is 1. The van der Waals surface area contributed by atoms with E-state index in [9.17, 15) is 9.59 Å². The van der Waals surface area contributed by atoms with E-state index >= 15 is 0 Å². The Labute approximate surface area is 137 Å². The number of hydrogen-bond donors (Lipinski definition) is 2. The highest BCUT2D eigenvalue weighted by Crippen LogP contribution is 2.30. The molecule has 120 valence electrons. The number of carboxylic acid groups (broad SMARTS) is 1. The molecule has 1 aromatic heterocycles. The van der Waals surface area contributed by atoms with Crippen LogP contribution < -0.4 is 10.1 Å². The van der Waals surface area contributed by atoms with Crippen molar-refractivity contribution in [2.24, 2.45) is 0 Å². The lowest BCUT2D eigenvalue weighted by Crippen LogP contribution is -2.14. The summed E-state index contributed by atoms with van der Waals surface area (Å²) in [7, 11) is 0. The topological polar surface area (TPSA) is 75.6 Å². The third kappa shape index (κ3) is 3.71. The lowest BCUT2D eigenvalue weighted by molar-refractivity contribution is -0.139. The predicted molar refractivity (Wildman–Crippen MR) is 88.5 cm³/mol. The van der Waals surface area contributed by atoms with Gasteiger partial charge in [-0.25, -0.2) is 4.79 Å². The Balaban J connectivity index is 1.66. The number of carbonyl (C=O) groups excluding carboxylic acids is 1. The van der Waals surface area contributed by atoms with Crippen molar-refractivity contribution in [3.63, 3.8) is 0 Å². The van der Waals surface area contributed by atoms with Crippen molar-refractivity contribution in [2.75, 3.05) is 11.9 Å². The number of benzene rings is 1. The van der Waals surface area contributed by atoms with E-state index in [-0.39, 0.29) is 12.5 Å². The SMILES string of the molecule is O=C(O)COc1ccc(NC(=O)c2csc3c2CCCC3)cc1. The summed E-state index contributed by atoms with van der Waals surface area (Å²) in [5.41, 5.74) is 2.63. The number of rotatable bonds is 5. The van der Waals surface area contributed by atoms with Gasteiger partial charge < -0.3 is 15.2 Å². The summed E-state index contributed by atoms with van der Waals surface area (Å²) in [5, 5.41) is 13.4. The first-order valence-electron chi connectivity index (χ1n) is 7.49. The first-order valence-corrected chi connectivity index (χ1v) is 8.36. The number of carbonyl (C=O) groups is 2. The van der Waals surface area contributed by atoms with Gasteiger partial charge in [0.15, 0.2) is 6.61 Å². The number of nitrogens with one attached hydrogen (secondary N) is 1. The third-order valence-electron chi connectivity index (χ3n) is 3.78. The molecule has 0 saturated heterocycles. The van der Waals surface area contributed by atoms with Crippen molar-refractivity contribution in [3.05, 3.63) is 45.6 Å². The second kappa shape index (κ2) is 6.83. The summed E-state index contributed by atoms with van der Waals surface area (Å²) in [5.74, 6) is -0.661. The molecule has 0 aliphatic heterocycles. The molecule has 0 bridgehead atoms. The van der Waals surface area contributed by atoms with Gasteiger partial charge in [-0.15, -0.1) is 11.3 Å². The number of fused-ring (bicyclic) bond motifs is 1. The van der Waals surface area contributed by atoms with Crippen molar-refractivity contribution in [1.82, 2.24) is 0 Å². The van der Waals surface area contributed by atoms with Gasteiger partial charge in [0.05, 0.1) is 5.56 Å². The van der Waals surface area contributed by atoms with Gasteiger partial charge in [-0.05, 0) is 55.5 Å². The Kier molecular flexibility index (Phi) is 4.62. The quantitative estimate of drug-likeness (QED) is 0.881. The first-order chi connectivity index (χ1) is 11.1. The van der Waals surface area contributed by atoms with Gasteiger partial charge in [0.25, 0.3) is 5.91 Å². The van der Waals surface area contributed by atoms with E-state index in [1.54, 1.807) is 35.6 Å². The monoisotopic (exact) mass is 331 g/mol. The predicted octanol–water partition coefficient (Wildman–Crippen LogP) is 3.34. The van der Waals surface area contributed by atoms with E-state index in [1.165, 1.54) is 16.9 Å². The smallest absolute Gasteiger partial charge is 0.341 e. The van der Waals surface area contributed by atoms with E-state index in [0.717, 1.165) is 24.8 Å². The summed E-state index contributed by atoms with van der Waals surface area (Å²) in [6, 6.07) is 6.69. The van der Waals surface area contributed by atoms with Gasteiger partial charge >= 0.3 is 5.97 Å². The van der Waals surface area contributed by atoms with Crippen LogP contribution in [-0.4, -0.2) is 23.6 Å². The van der Waals surface area contributed by atoms with Crippen LogP contribution in [-0.2, 0) is 17.6 Å². The second-order valence-corrected chi connectivity index (χ2v) is 6.38. The van der Waals surface area contributed by atoms with E-state index < -0.39 is 5.97 Å². The van der Waals surface area contributed by atoms with Crippen LogP contribution in [0.5, 0.6) is 5.75 Å². The maximum Gasteiger partial charge on any atom is 0.341 e. The van der Waals surface area contributed by atoms with Crippen LogP contribution in [0.15, 0.2) is 29.6 Å². The van der Waals surface area contributed by atoms with E-state index in [0.29, 0.717) is 11.4 Å². The number of carboxylic acids is 1.